The Hall–Kier alpha value is -0.860. The lowest BCUT2D eigenvalue weighted by atomic mass is 9.78. The summed E-state index contributed by atoms with van der Waals surface area (Å²) in [4.78, 5) is 0. The van der Waals surface area contributed by atoms with Crippen molar-refractivity contribution in [2.75, 3.05) is 19.7 Å². The Morgan fingerprint density at radius 1 is 1.27 bits per heavy atom. The lowest BCUT2D eigenvalue weighted by Crippen LogP contribution is -2.49. The molecule has 0 radical (unpaired) electrons. The van der Waals surface area contributed by atoms with Gasteiger partial charge in [-0.1, -0.05) is 24.3 Å². The Labute approximate surface area is 90.6 Å². The fourth-order valence-corrected chi connectivity index (χ4v) is 2.88. The summed E-state index contributed by atoms with van der Waals surface area (Å²) in [6.45, 7) is 2.81. The average Bonchev–Trinajstić information content (AvgIpc) is 2.31. The van der Waals surface area contributed by atoms with Gasteiger partial charge in [0, 0.05) is 13.1 Å². The summed E-state index contributed by atoms with van der Waals surface area (Å²) in [6.07, 6.45) is 3.62. The van der Waals surface area contributed by atoms with Crippen molar-refractivity contribution in [3.8, 4) is 0 Å². The smallest absolute Gasteiger partial charge is 0.106 e. The molecule has 1 N–H and O–H groups in total. The molecule has 0 amide bonds. The highest BCUT2D eigenvalue weighted by Gasteiger charge is 2.38. The van der Waals surface area contributed by atoms with Crippen LogP contribution < -0.4 is 5.32 Å². The molecule has 1 spiro atoms. The zero-order valence-corrected chi connectivity index (χ0v) is 8.96. The Morgan fingerprint density at radius 3 is 3.07 bits per heavy atom. The first kappa shape index (κ1) is 9.37. The maximum absolute atomic E-state index is 6.07. The first-order chi connectivity index (χ1) is 7.41. The van der Waals surface area contributed by atoms with Crippen LogP contribution in [0.1, 0.15) is 24.0 Å². The maximum atomic E-state index is 6.07. The average molecular weight is 203 g/mol. The van der Waals surface area contributed by atoms with Gasteiger partial charge in [-0.25, -0.2) is 0 Å². The fourth-order valence-electron chi connectivity index (χ4n) is 2.88. The number of hydrogen-bond donors (Lipinski definition) is 1. The van der Waals surface area contributed by atoms with Gasteiger partial charge in [0.15, 0.2) is 0 Å². The monoisotopic (exact) mass is 203 g/mol. The van der Waals surface area contributed by atoms with E-state index >= 15 is 0 Å². The fraction of sp³-hybridized carbons (Fsp3) is 0.538. The summed E-state index contributed by atoms with van der Waals surface area (Å²) in [5.41, 5.74) is 2.88. The molecule has 1 aliphatic carbocycles. The minimum atomic E-state index is -0.0207. The van der Waals surface area contributed by atoms with Gasteiger partial charge in [-0.15, -0.1) is 0 Å². The van der Waals surface area contributed by atoms with Crippen molar-refractivity contribution in [1.29, 1.82) is 0 Å². The van der Waals surface area contributed by atoms with Crippen LogP contribution in [0.3, 0.4) is 0 Å². The summed E-state index contributed by atoms with van der Waals surface area (Å²) >= 11 is 0. The summed E-state index contributed by atoms with van der Waals surface area (Å²) < 4.78 is 6.07. The summed E-state index contributed by atoms with van der Waals surface area (Å²) in [6, 6.07) is 8.74. The zero-order chi connectivity index (χ0) is 10.1. The number of hydrogen-bond acceptors (Lipinski definition) is 2. The second kappa shape index (κ2) is 3.62. The number of ether oxygens (including phenoxy) is 1. The molecule has 1 atom stereocenters. The SMILES string of the molecule is c1ccc2c(c1)CCC[C@]21CNCCO1. The van der Waals surface area contributed by atoms with E-state index in [-0.39, 0.29) is 5.60 Å². The molecule has 1 aromatic rings. The van der Waals surface area contributed by atoms with Crippen molar-refractivity contribution in [1.82, 2.24) is 5.32 Å². The molecule has 3 rings (SSSR count). The molecule has 2 aliphatic rings. The minimum Gasteiger partial charge on any atom is -0.368 e. The third-order valence-corrected chi connectivity index (χ3v) is 3.60. The van der Waals surface area contributed by atoms with Crippen molar-refractivity contribution in [2.45, 2.75) is 24.9 Å². The Balaban J connectivity index is 2.04. The number of aryl methyl sites for hydroxylation is 1. The van der Waals surface area contributed by atoms with Gasteiger partial charge in [-0.05, 0) is 30.4 Å². The largest absolute Gasteiger partial charge is 0.368 e. The van der Waals surface area contributed by atoms with E-state index in [1.807, 2.05) is 0 Å². The molecule has 0 bridgehead atoms. The quantitative estimate of drug-likeness (QED) is 0.694. The molecular formula is C13H17NO. The van der Waals surface area contributed by atoms with E-state index in [0.29, 0.717) is 0 Å². The Bertz CT molecular complexity index is 355. The van der Waals surface area contributed by atoms with Crippen LogP contribution >= 0.6 is 0 Å². The van der Waals surface area contributed by atoms with Crippen molar-refractivity contribution < 1.29 is 4.74 Å². The number of fused-ring (bicyclic) bond motifs is 2. The lowest BCUT2D eigenvalue weighted by molar-refractivity contribution is -0.0819. The van der Waals surface area contributed by atoms with E-state index in [0.717, 1.165) is 26.1 Å². The van der Waals surface area contributed by atoms with Crippen molar-refractivity contribution in [2.24, 2.45) is 0 Å². The van der Waals surface area contributed by atoms with Crippen LogP contribution in [0.5, 0.6) is 0 Å². The molecule has 0 saturated carbocycles. The molecule has 2 nitrogen and oxygen atoms in total. The van der Waals surface area contributed by atoms with Crippen LogP contribution in [0.2, 0.25) is 0 Å². The molecule has 1 fully saturated rings. The van der Waals surface area contributed by atoms with Crippen LogP contribution in [0.25, 0.3) is 0 Å². The van der Waals surface area contributed by atoms with Gasteiger partial charge in [0.2, 0.25) is 0 Å². The standard InChI is InChI=1S/C13H17NO/c1-2-6-12-11(4-1)5-3-7-13(12)10-14-8-9-15-13/h1-2,4,6,14H,3,5,7-10H2/t13-/m0/s1. The molecule has 0 unspecified atom stereocenters. The summed E-state index contributed by atoms with van der Waals surface area (Å²) in [5.74, 6) is 0. The second-order valence-corrected chi connectivity index (χ2v) is 4.53. The molecule has 2 heteroatoms. The maximum Gasteiger partial charge on any atom is 0.106 e. The predicted molar refractivity (Wildman–Crippen MR) is 59.9 cm³/mol. The minimum absolute atomic E-state index is 0.0207. The number of morpholine rings is 1. The van der Waals surface area contributed by atoms with Gasteiger partial charge in [-0.2, -0.15) is 0 Å². The highest BCUT2D eigenvalue weighted by Crippen LogP contribution is 2.38. The highest BCUT2D eigenvalue weighted by molar-refractivity contribution is 5.35. The Morgan fingerprint density at radius 2 is 2.20 bits per heavy atom. The Kier molecular flexibility index (Phi) is 2.26. The molecular weight excluding hydrogens is 186 g/mol. The number of benzene rings is 1. The van der Waals surface area contributed by atoms with E-state index in [1.54, 1.807) is 0 Å². The van der Waals surface area contributed by atoms with Crippen LogP contribution in [-0.4, -0.2) is 19.7 Å². The van der Waals surface area contributed by atoms with E-state index in [4.69, 9.17) is 4.74 Å². The zero-order valence-electron chi connectivity index (χ0n) is 8.96. The van der Waals surface area contributed by atoms with Gasteiger partial charge in [0.1, 0.15) is 5.60 Å². The normalized spacial score (nSPS) is 30.1. The van der Waals surface area contributed by atoms with Crippen molar-refractivity contribution in [3.05, 3.63) is 35.4 Å². The first-order valence-electron chi connectivity index (χ1n) is 5.84. The van der Waals surface area contributed by atoms with E-state index in [9.17, 15) is 0 Å². The molecule has 1 aliphatic heterocycles. The highest BCUT2D eigenvalue weighted by atomic mass is 16.5. The molecule has 0 aromatic heterocycles. The van der Waals surface area contributed by atoms with E-state index in [1.165, 1.54) is 24.0 Å². The summed E-state index contributed by atoms with van der Waals surface area (Å²) in [7, 11) is 0. The first-order valence-corrected chi connectivity index (χ1v) is 5.84. The van der Waals surface area contributed by atoms with Crippen LogP contribution in [-0.2, 0) is 16.8 Å². The molecule has 80 valence electrons. The second-order valence-electron chi connectivity index (χ2n) is 4.53. The summed E-state index contributed by atoms with van der Waals surface area (Å²) in [5, 5.41) is 3.46. The van der Waals surface area contributed by atoms with Crippen LogP contribution in [0.4, 0.5) is 0 Å². The third-order valence-electron chi connectivity index (χ3n) is 3.60. The van der Waals surface area contributed by atoms with Gasteiger partial charge in [0.25, 0.3) is 0 Å². The molecule has 15 heavy (non-hydrogen) atoms. The predicted octanol–water partition coefficient (Wildman–Crippen LogP) is 1.84. The third kappa shape index (κ3) is 1.48. The van der Waals surface area contributed by atoms with Crippen LogP contribution in [0, 0.1) is 0 Å². The number of nitrogens with one attached hydrogen (secondary N) is 1. The van der Waals surface area contributed by atoms with Crippen LogP contribution in [0.15, 0.2) is 24.3 Å². The van der Waals surface area contributed by atoms with Gasteiger partial charge in [-0.3, -0.25) is 0 Å². The van der Waals surface area contributed by atoms with E-state index in [2.05, 4.69) is 29.6 Å². The topological polar surface area (TPSA) is 21.3 Å². The van der Waals surface area contributed by atoms with Gasteiger partial charge in [0.05, 0.1) is 6.61 Å². The lowest BCUT2D eigenvalue weighted by Gasteiger charge is -2.42. The van der Waals surface area contributed by atoms with Crippen molar-refractivity contribution in [3.63, 3.8) is 0 Å². The van der Waals surface area contributed by atoms with Crippen molar-refractivity contribution >= 4 is 0 Å². The van der Waals surface area contributed by atoms with Gasteiger partial charge < -0.3 is 10.1 Å². The molecule has 1 heterocycles. The molecule has 1 aromatic carbocycles. The van der Waals surface area contributed by atoms with E-state index < -0.39 is 0 Å². The molecule has 1 saturated heterocycles. The number of rotatable bonds is 0. The van der Waals surface area contributed by atoms with Gasteiger partial charge >= 0.3 is 0 Å².